The number of nitrogens with one attached hydrogen (secondary N) is 1. The first-order chi connectivity index (χ1) is 9.61. The fourth-order valence-electron chi connectivity index (χ4n) is 2.95. The third-order valence-electron chi connectivity index (χ3n) is 4.12. The molecule has 2 aliphatic rings. The molecule has 0 radical (unpaired) electrons. The van der Waals surface area contributed by atoms with Crippen LogP contribution in [0.4, 0.5) is 5.69 Å². The first kappa shape index (κ1) is 12.7. The molecule has 1 saturated carbocycles. The van der Waals surface area contributed by atoms with Crippen LogP contribution >= 0.6 is 0 Å². The van der Waals surface area contributed by atoms with E-state index in [0.717, 1.165) is 29.8 Å². The van der Waals surface area contributed by atoms with Gasteiger partial charge in [-0.2, -0.15) is 5.26 Å². The Hall–Kier alpha value is -2.35. The van der Waals surface area contributed by atoms with Crippen LogP contribution in [0.1, 0.15) is 40.0 Å². The van der Waals surface area contributed by atoms with Crippen molar-refractivity contribution in [2.24, 2.45) is 5.92 Å². The van der Waals surface area contributed by atoms with Gasteiger partial charge in [0.15, 0.2) is 0 Å². The number of hydrogen-bond donors (Lipinski definition) is 1. The molecular weight excluding hydrogens is 254 g/mol. The second-order valence-corrected chi connectivity index (χ2v) is 5.35. The maximum atomic E-state index is 11.9. The lowest BCUT2D eigenvalue weighted by Crippen LogP contribution is -2.24. The van der Waals surface area contributed by atoms with Crippen LogP contribution in [0.15, 0.2) is 18.2 Å². The normalized spacial score (nSPS) is 24.7. The van der Waals surface area contributed by atoms with E-state index in [1.807, 2.05) is 0 Å². The molecule has 1 N–H and O–H groups in total. The Bertz CT molecular complexity index is 632. The zero-order valence-electron chi connectivity index (χ0n) is 11.2. The van der Waals surface area contributed by atoms with Crippen molar-refractivity contribution in [3.63, 3.8) is 0 Å². The van der Waals surface area contributed by atoms with E-state index in [9.17, 15) is 9.59 Å². The number of hydrogen-bond acceptors (Lipinski definition) is 4. The SMILES string of the molecule is CN1C(=O)c2ccc(NC3CCCC3C#N)cc2C1=O. The van der Waals surface area contributed by atoms with E-state index >= 15 is 0 Å². The maximum absolute atomic E-state index is 11.9. The Morgan fingerprint density at radius 3 is 2.75 bits per heavy atom. The maximum Gasteiger partial charge on any atom is 0.261 e. The quantitative estimate of drug-likeness (QED) is 0.833. The number of nitriles is 1. The number of amides is 2. The molecule has 2 amide bonds. The van der Waals surface area contributed by atoms with Crippen LogP contribution in [0, 0.1) is 17.2 Å². The number of carbonyl (C=O) groups excluding carboxylic acids is 2. The van der Waals surface area contributed by atoms with Gasteiger partial charge in [-0.25, -0.2) is 0 Å². The predicted octanol–water partition coefficient (Wildman–Crippen LogP) is 2.02. The van der Waals surface area contributed by atoms with E-state index in [4.69, 9.17) is 5.26 Å². The molecule has 1 fully saturated rings. The van der Waals surface area contributed by atoms with Crippen molar-refractivity contribution in [2.75, 3.05) is 12.4 Å². The van der Waals surface area contributed by atoms with Crippen LogP contribution < -0.4 is 5.32 Å². The molecule has 102 valence electrons. The molecule has 0 bridgehead atoms. The van der Waals surface area contributed by atoms with Crippen molar-refractivity contribution >= 4 is 17.5 Å². The van der Waals surface area contributed by atoms with Crippen molar-refractivity contribution in [3.8, 4) is 6.07 Å². The lowest BCUT2D eigenvalue weighted by atomic mass is 10.0. The fraction of sp³-hybridized carbons (Fsp3) is 0.400. The molecule has 3 rings (SSSR count). The van der Waals surface area contributed by atoms with E-state index in [2.05, 4.69) is 11.4 Å². The molecule has 0 spiro atoms. The smallest absolute Gasteiger partial charge is 0.261 e. The van der Waals surface area contributed by atoms with E-state index in [0.29, 0.717) is 11.1 Å². The number of nitrogens with zero attached hydrogens (tertiary/aromatic N) is 2. The molecule has 1 aliphatic carbocycles. The number of rotatable bonds is 2. The van der Waals surface area contributed by atoms with Gasteiger partial charge in [0.2, 0.25) is 0 Å². The van der Waals surface area contributed by atoms with Gasteiger partial charge in [-0.3, -0.25) is 14.5 Å². The molecule has 2 unspecified atom stereocenters. The van der Waals surface area contributed by atoms with Crippen LogP contribution in [-0.2, 0) is 0 Å². The Morgan fingerprint density at radius 2 is 2.00 bits per heavy atom. The summed E-state index contributed by atoms with van der Waals surface area (Å²) in [5, 5.41) is 12.4. The van der Waals surface area contributed by atoms with Gasteiger partial charge >= 0.3 is 0 Å². The molecule has 0 aromatic heterocycles. The zero-order chi connectivity index (χ0) is 14.3. The summed E-state index contributed by atoms with van der Waals surface area (Å²) in [4.78, 5) is 24.9. The average molecular weight is 269 g/mol. The fourth-order valence-corrected chi connectivity index (χ4v) is 2.95. The average Bonchev–Trinajstić information content (AvgIpc) is 2.99. The van der Waals surface area contributed by atoms with Crippen LogP contribution in [0.25, 0.3) is 0 Å². The molecule has 20 heavy (non-hydrogen) atoms. The standard InChI is InChI=1S/C15H15N3O2/c1-18-14(19)11-6-5-10(7-12(11)15(18)20)17-13-4-2-3-9(13)8-16/h5-7,9,13,17H,2-4H2,1H3. The first-order valence-corrected chi connectivity index (χ1v) is 6.74. The molecule has 1 heterocycles. The highest BCUT2D eigenvalue weighted by molar-refractivity contribution is 6.21. The summed E-state index contributed by atoms with van der Waals surface area (Å²) in [5.74, 6) is -0.507. The molecule has 1 aromatic carbocycles. The number of anilines is 1. The molecular formula is C15H15N3O2. The molecule has 1 aromatic rings. The van der Waals surface area contributed by atoms with Gasteiger partial charge in [-0.1, -0.05) is 0 Å². The Kier molecular flexibility index (Phi) is 2.94. The Labute approximate surface area is 117 Å². The number of imide groups is 1. The summed E-state index contributed by atoms with van der Waals surface area (Å²) in [6, 6.07) is 7.64. The van der Waals surface area contributed by atoms with Gasteiger partial charge in [0.25, 0.3) is 11.8 Å². The lowest BCUT2D eigenvalue weighted by Gasteiger charge is -2.17. The summed E-state index contributed by atoms with van der Waals surface area (Å²) in [6.45, 7) is 0. The summed E-state index contributed by atoms with van der Waals surface area (Å²) >= 11 is 0. The predicted molar refractivity (Wildman–Crippen MR) is 73.2 cm³/mol. The van der Waals surface area contributed by atoms with E-state index < -0.39 is 0 Å². The van der Waals surface area contributed by atoms with Crippen molar-refractivity contribution in [2.45, 2.75) is 25.3 Å². The third kappa shape index (κ3) is 1.85. The minimum atomic E-state index is -0.267. The highest BCUT2D eigenvalue weighted by Crippen LogP contribution is 2.30. The Morgan fingerprint density at radius 1 is 1.25 bits per heavy atom. The molecule has 5 heteroatoms. The van der Waals surface area contributed by atoms with Crippen LogP contribution in [0.3, 0.4) is 0 Å². The topological polar surface area (TPSA) is 73.2 Å². The van der Waals surface area contributed by atoms with Gasteiger partial charge < -0.3 is 5.32 Å². The second-order valence-electron chi connectivity index (χ2n) is 5.35. The largest absolute Gasteiger partial charge is 0.381 e. The highest BCUT2D eigenvalue weighted by Gasteiger charge is 2.33. The third-order valence-corrected chi connectivity index (χ3v) is 4.12. The monoisotopic (exact) mass is 269 g/mol. The summed E-state index contributed by atoms with van der Waals surface area (Å²) < 4.78 is 0. The van der Waals surface area contributed by atoms with E-state index in [-0.39, 0.29) is 23.8 Å². The van der Waals surface area contributed by atoms with Crippen LogP contribution in [-0.4, -0.2) is 29.8 Å². The number of benzene rings is 1. The number of fused-ring (bicyclic) bond motifs is 1. The van der Waals surface area contributed by atoms with E-state index in [1.54, 1.807) is 18.2 Å². The van der Waals surface area contributed by atoms with Crippen LogP contribution in [0.5, 0.6) is 0 Å². The first-order valence-electron chi connectivity index (χ1n) is 6.74. The molecule has 2 atom stereocenters. The molecule has 5 nitrogen and oxygen atoms in total. The summed E-state index contributed by atoms with van der Waals surface area (Å²) in [7, 11) is 1.49. The zero-order valence-corrected chi connectivity index (χ0v) is 11.2. The van der Waals surface area contributed by atoms with Gasteiger partial charge in [0.05, 0.1) is 23.1 Å². The van der Waals surface area contributed by atoms with Crippen molar-refractivity contribution in [1.29, 1.82) is 5.26 Å². The number of carbonyl (C=O) groups is 2. The van der Waals surface area contributed by atoms with Crippen molar-refractivity contribution < 1.29 is 9.59 Å². The summed E-state index contributed by atoms with van der Waals surface area (Å²) in [5.41, 5.74) is 1.69. The Balaban J connectivity index is 1.86. The minimum Gasteiger partial charge on any atom is -0.381 e. The highest BCUT2D eigenvalue weighted by atomic mass is 16.2. The minimum absolute atomic E-state index is 0.0169. The van der Waals surface area contributed by atoms with E-state index in [1.165, 1.54) is 7.05 Å². The van der Waals surface area contributed by atoms with Gasteiger partial charge in [-0.05, 0) is 37.5 Å². The lowest BCUT2D eigenvalue weighted by molar-refractivity contribution is 0.0693. The van der Waals surface area contributed by atoms with Gasteiger partial charge in [0, 0.05) is 18.8 Å². The van der Waals surface area contributed by atoms with Crippen molar-refractivity contribution in [3.05, 3.63) is 29.3 Å². The van der Waals surface area contributed by atoms with Gasteiger partial charge in [-0.15, -0.1) is 0 Å². The van der Waals surface area contributed by atoms with Gasteiger partial charge in [0.1, 0.15) is 0 Å². The molecule has 1 aliphatic heterocycles. The second kappa shape index (κ2) is 4.64. The van der Waals surface area contributed by atoms with Crippen molar-refractivity contribution in [1.82, 2.24) is 4.90 Å². The molecule has 0 saturated heterocycles. The van der Waals surface area contributed by atoms with Crippen LogP contribution in [0.2, 0.25) is 0 Å². The summed E-state index contributed by atoms with van der Waals surface area (Å²) in [6.07, 6.45) is 2.92.